The van der Waals surface area contributed by atoms with Gasteiger partial charge in [-0.15, -0.1) is 0 Å². The van der Waals surface area contributed by atoms with E-state index in [1.807, 2.05) is 27.7 Å². The van der Waals surface area contributed by atoms with Crippen molar-refractivity contribution in [3.8, 4) is 0 Å². The zero-order chi connectivity index (χ0) is 24.4. The minimum Gasteiger partial charge on any atom is -0.299 e. The van der Waals surface area contributed by atoms with Gasteiger partial charge in [-0.25, -0.2) is 0 Å². The van der Waals surface area contributed by atoms with Crippen LogP contribution in [0.5, 0.6) is 0 Å². The third kappa shape index (κ3) is 3.69. The highest BCUT2D eigenvalue weighted by molar-refractivity contribution is 7.87. The molecule has 4 fully saturated rings. The topological polar surface area (TPSA) is 121 Å². The van der Waals surface area contributed by atoms with Crippen LogP contribution in [0.4, 0.5) is 0 Å². The van der Waals surface area contributed by atoms with E-state index in [1.54, 1.807) is 0 Å². The summed E-state index contributed by atoms with van der Waals surface area (Å²) in [5, 5.41) is 0. The van der Waals surface area contributed by atoms with Gasteiger partial charge in [0.25, 0.3) is 20.2 Å². The minimum absolute atomic E-state index is 0.106. The Balaban J connectivity index is 0.000000181. The first-order chi connectivity index (χ1) is 14.5. The van der Waals surface area contributed by atoms with E-state index in [0.29, 0.717) is 37.5 Å². The van der Waals surface area contributed by atoms with E-state index >= 15 is 0 Å². The third-order valence-electron chi connectivity index (χ3n) is 9.63. The van der Waals surface area contributed by atoms with E-state index in [1.165, 1.54) is 0 Å². The molecule has 0 aromatic heterocycles. The first-order valence-corrected chi connectivity index (χ1v) is 14.3. The van der Waals surface area contributed by atoms with E-state index in [0.717, 1.165) is 27.1 Å². The highest BCUT2D eigenvalue weighted by atomic mass is 32.2. The standard InChI is InChI=1S/2C11H18O4S/c2*1-10(2)8-4-5-11(10,9(12)6-8)7-16(13,14)15-3/h2*8H,4-7H2,1-3H3/t2*8-,11-/m10/s1. The molecule has 0 aromatic rings. The molecule has 184 valence electrons. The zero-order valence-electron chi connectivity index (χ0n) is 19.9. The smallest absolute Gasteiger partial charge is 0.268 e. The molecule has 8 nitrogen and oxygen atoms in total. The van der Waals surface area contributed by atoms with E-state index in [2.05, 4.69) is 8.37 Å². The lowest BCUT2D eigenvalue weighted by Gasteiger charge is -2.35. The van der Waals surface area contributed by atoms with Crippen molar-refractivity contribution in [3.63, 3.8) is 0 Å². The molecule has 4 saturated carbocycles. The van der Waals surface area contributed by atoms with Crippen molar-refractivity contribution in [2.24, 2.45) is 33.5 Å². The fourth-order valence-electron chi connectivity index (χ4n) is 6.94. The van der Waals surface area contributed by atoms with Crippen molar-refractivity contribution in [1.29, 1.82) is 0 Å². The maximum Gasteiger partial charge on any atom is 0.268 e. The summed E-state index contributed by atoms with van der Waals surface area (Å²) < 4.78 is 55.4. The third-order valence-corrected chi connectivity index (χ3v) is 12.3. The number of rotatable bonds is 6. The predicted molar refractivity (Wildman–Crippen MR) is 119 cm³/mol. The molecule has 4 bridgehead atoms. The van der Waals surface area contributed by atoms with Crippen LogP contribution in [0.15, 0.2) is 0 Å². The maximum atomic E-state index is 12.0. The van der Waals surface area contributed by atoms with Gasteiger partial charge < -0.3 is 0 Å². The number of Topliss-reactive ketones (excluding diaryl/α,β-unsaturated/α-hetero) is 2. The molecule has 4 rings (SSSR count). The summed E-state index contributed by atoms with van der Waals surface area (Å²) in [4.78, 5) is 24.1. The number of ketones is 2. The summed E-state index contributed by atoms with van der Waals surface area (Å²) in [6.45, 7) is 8.06. The van der Waals surface area contributed by atoms with Gasteiger partial charge in [-0.1, -0.05) is 27.7 Å². The van der Waals surface area contributed by atoms with Crippen LogP contribution in [0, 0.1) is 33.5 Å². The van der Waals surface area contributed by atoms with Crippen molar-refractivity contribution in [3.05, 3.63) is 0 Å². The molecule has 4 atom stereocenters. The fraction of sp³-hybridized carbons (Fsp3) is 0.909. The SMILES string of the molecule is COS(=O)(=O)C[C@@]12CC[C@@H](CC1=O)C2(C)C.COS(=O)(=O)C[C@]12CC[C@H](CC1=O)C2(C)C. The Morgan fingerprint density at radius 1 is 0.719 bits per heavy atom. The molecule has 0 aromatic carbocycles. The van der Waals surface area contributed by atoms with E-state index in [-0.39, 0.29) is 33.9 Å². The van der Waals surface area contributed by atoms with Crippen LogP contribution < -0.4 is 0 Å². The van der Waals surface area contributed by atoms with E-state index in [9.17, 15) is 26.4 Å². The summed E-state index contributed by atoms with van der Waals surface area (Å²) in [5.74, 6) is 0.584. The molecular formula is C22H36O8S2. The van der Waals surface area contributed by atoms with Crippen LogP contribution in [-0.4, -0.2) is 54.1 Å². The molecule has 0 spiro atoms. The van der Waals surface area contributed by atoms with Crippen molar-refractivity contribution >= 4 is 31.8 Å². The maximum absolute atomic E-state index is 12.0. The summed E-state index contributed by atoms with van der Waals surface area (Å²) in [6.07, 6.45) is 4.35. The monoisotopic (exact) mass is 492 g/mol. The Hall–Kier alpha value is -0.840. The van der Waals surface area contributed by atoms with Crippen LogP contribution in [0.2, 0.25) is 0 Å². The first kappa shape index (κ1) is 25.8. The molecule has 0 unspecified atom stereocenters. The van der Waals surface area contributed by atoms with Crippen molar-refractivity contribution in [2.45, 2.75) is 66.2 Å². The molecule has 0 radical (unpaired) electrons. The molecular weight excluding hydrogens is 456 g/mol. The van der Waals surface area contributed by atoms with E-state index in [4.69, 9.17) is 0 Å². The molecule has 0 saturated heterocycles. The van der Waals surface area contributed by atoms with Crippen molar-refractivity contribution in [1.82, 2.24) is 0 Å². The molecule has 4 aliphatic rings. The first-order valence-electron chi connectivity index (χ1n) is 11.1. The Bertz CT molecular complexity index is 929. The average molecular weight is 493 g/mol. The van der Waals surface area contributed by atoms with Crippen LogP contribution in [0.25, 0.3) is 0 Å². The Kier molecular flexibility index (Phi) is 6.32. The minimum atomic E-state index is -3.57. The van der Waals surface area contributed by atoms with Gasteiger partial charge in [-0.3, -0.25) is 18.0 Å². The van der Waals surface area contributed by atoms with Crippen molar-refractivity contribution in [2.75, 3.05) is 25.7 Å². The summed E-state index contributed by atoms with van der Waals surface area (Å²) >= 11 is 0. The average Bonchev–Trinajstić information content (AvgIpc) is 3.21. The molecule has 0 heterocycles. The van der Waals surface area contributed by atoms with Gasteiger partial charge in [-0.2, -0.15) is 16.8 Å². The summed E-state index contributed by atoms with van der Waals surface area (Å²) in [5.41, 5.74) is -1.83. The Morgan fingerprint density at radius 2 is 1.03 bits per heavy atom. The molecule has 0 aliphatic heterocycles. The van der Waals surface area contributed by atoms with Crippen LogP contribution >= 0.6 is 0 Å². The van der Waals surface area contributed by atoms with Gasteiger partial charge in [-0.05, 0) is 48.3 Å². The molecule has 10 heteroatoms. The Morgan fingerprint density at radius 3 is 1.22 bits per heavy atom. The quantitative estimate of drug-likeness (QED) is 0.519. The number of carbonyl (C=O) groups excluding carboxylic acids is 2. The lowest BCUT2D eigenvalue weighted by Crippen LogP contribution is -2.42. The van der Waals surface area contributed by atoms with Gasteiger partial charge in [0.15, 0.2) is 0 Å². The van der Waals surface area contributed by atoms with E-state index < -0.39 is 31.1 Å². The second-order valence-electron chi connectivity index (χ2n) is 11.1. The second kappa shape index (κ2) is 7.85. The Labute approximate surface area is 192 Å². The van der Waals surface area contributed by atoms with Gasteiger partial charge in [0, 0.05) is 12.8 Å². The van der Waals surface area contributed by atoms with Crippen LogP contribution in [-0.2, 0) is 38.2 Å². The zero-order valence-corrected chi connectivity index (χ0v) is 21.5. The van der Waals surface area contributed by atoms with Gasteiger partial charge >= 0.3 is 0 Å². The molecule has 32 heavy (non-hydrogen) atoms. The largest absolute Gasteiger partial charge is 0.299 e. The normalized spacial score (nSPS) is 36.9. The second-order valence-corrected chi connectivity index (χ2v) is 14.5. The van der Waals surface area contributed by atoms with Gasteiger partial charge in [0.2, 0.25) is 0 Å². The van der Waals surface area contributed by atoms with Gasteiger partial charge in [0.1, 0.15) is 11.6 Å². The fourth-order valence-corrected chi connectivity index (χ4v) is 9.74. The summed E-state index contributed by atoms with van der Waals surface area (Å²) in [6, 6.07) is 0. The lowest BCUT2D eigenvalue weighted by molar-refractivity contribution is -0.128. The highest BCUT2D eigenvalue weighted by Gasteiger charge is 2.66. The number of hydrogen-bond acceptors (Lipinski definition) is 8. The molecule has 0 amide bonds. The highest BCUT2D eigenvalue weighted by Crippen LogP contribution is 2.65. The number of fused-ring (bicyclic) bond motifs is 4. The van der Waals surface area contributed by atoms with Crippen LogP contribution in [0.1, 0.15) is 66.2 Å². The number of carbonyl (C=O) groups is 2. The molecule has 4 aliphatic carbocycles. The summed E-state index contributed by atoms with van der Waals surface area (Å²) in [7, 11) is -4.83. The van der Waals surface area contributed by atoms with Crippen molar-refractivity contribution < 1.29 is 34.8 Å². The van der Waals surface area contributed by atoms with Gasteiger partial charge in [0.05, 0.1) is 36.6 Å². The number of hydrogen-bond donors (Lipinski definition) is 0. The predicted octanol–water partition coefficient (Wildman–Crippen LogP) is 2.72. The lowest BCUT2D eigenvalue weighted by atomic mass is 9.70. The molecule has 0 N–H and O–H groups in total. The van der Waals surface area contributed by atoms with Crippen LogP contribution in [0.3, 0.4) is 0 Å².